The summed E-state index contributed by atoms with van der Waals surface area (Å²) < 4.78 is 19.1. The van der Waals surface area contributed by atoms with E-state index in [9.17, 15) is 0 Å². The van der Waals surface area contributed by atoms with E-state index >= 15 is 0 Å². The van der Waals surface area contributed by atoms with E-state index < -0.39 is 8.80 Å². The molecule has 0 aliphatic heterocycles. The summed E-state index contributed by atoms with van der Waals surface area (Å²) in [5.74, 6) is 0. The van der Waals surface area contributed by atoms with E-state index in [0.29, 0.717) is 19.8 Å². The summed E-state index contributed by atoms with van der Waals surface area (Å²) in [6, 6.07) is 0.964. The molecule has 0 amide bonds. The molecule has 0 bridgehead atoms. The van der Waals surface area contributed by atoms with Crippen molar-refractivity contribution >= 4 is 8.80 Å². The van der Waals surface area contributed by atoms with Crippen LogP contribution in [0.4, 0.5) is 0 Å². The molecule has 0 saturated carbocycles. The third-order valence-electron chi connectivity index (χ3n) is 6.71. The van der Waals surface area contributed by atoms with E-state index in [1.54, 1.807) is 0 Å². The Kier molecular flexibility index (Phi) is 26.9. The standard InChI is InChI=1S/C28H62NO3Si.ClH/c1-7-11-12-13-14-15-16-17-20-23-26-29(5,6)27-24-21-18-19-22-25-28-33(30-8-2,31-9-3)32-10-4;/h7-28H2,1-6H3;1H/q+1;/p-1. The van der Waals surface area contributed by atoms with Crippen LogP contribution in [0.2, 0.25) is 6.04 Å². The van der Waals surface area contributed by atoms with Crippen LogP contribution in [0, 0.1) is 0 Å². The molecule has 0 saturated heterocycles. The summed E-state index contributed by atoms with van der Waals surface area (Å²) in [7, 11) is 2.42. The quantitative estimate of drug-likeness (QED) is 0.0865. The second-order valence-electron chi connectivity index (χ2n) is 10.4. The predicted molar refractivity (Wildman–Crippen MR) is 147 cm³/mol. The van der Waals surface area contributed by atoms with E-state index in [4.69, 9.17) is 13.3 Å². The van der Waals surface area contributed by atoms with Gasteiger partial charge in [0.2, 0.25) is 0 Å². The first-order valence-corrected chi connectivity index (χ1v) is 16.6. The highest BCUT2D eigenvalue weighted by Crippen LogP contribution is 2.21. The topological polar surface area (TPSA) is 27.7 Å². The highest BCUT2D eigenvalue weighted by Gasteiger charge is 2.39. The molecule has 0 spiro atoms. The van der Waals surface area contributed by atoms with Crippen molar-refractivity contribution in [3.05, 3.63) is 0 Å². The van der Waals surface area contributed by atoms with Crippen molar-refractivity contribution in [2.24, 2.45) is 0 Å². The lowest BCUT2D eigenvalue weighted by Gasteiger charge is -2.30. The molecule has 0 aromatic rings. The molecule has 0 atom stereocenters. The Morgan fingerprint density at radius 1 is 0.471 bits per heavy atom. The molecule has 0 fully saturated rings. The predicted octanol–water partition coefficient (Wildman–Crippen LogP) is 5.38. The largest absolute Gasteiger partial charge is 1.00 e. The Labute approximate surface area is 222 Å². The van der Waals surface area contributed by atoms with Crippen LogP contribution in [0.3, 0.4) is 0 Å². The van der Waals surface area contributed by atoms with Crippen LogP contribution in [0.5, 0.6) is 0 Å². The molecule has 0 aliphatic carbocycles. The summed E-state index contributed by atoms with van der Waals surface area (Å²) in [6.45, 7) is 13.1. The number of hydrogen-bond donors (Lipinski definition) is 0. The second-order valence-corrected chi connectivity index (χ2v) is 13.2. The number of halogens is 1. The van der Waals surface area contributed by atoms with Crippen molar-refractivity contribution < 1.29 is 30.2 Å². The Bertz CT molecular complexity index is 396. The zero-order valence-electron chi connectivity index (χ0n) is 24.1. The van der Waals surface area contributed by atoms with E-state index in [2.05, 4.69) is 21.0 Å². The highest BCUT2D eigenvalue weighted by molar-refractivity contribution is 6.60. The number of nitrogens with zero attached hydrogens (tertiary/aromatic N) is 1. The summed E-state index contributed by atoms with van der Waals surface area (Å²) in [4.78, 5) is 0. The van der Waals surface area contributed by atoms with Gasteiger partial charge in [-0.05, 0) is 52.9 Å². The molecule has 0 aliphatic rings. The maximum Gasteiger partial charge on any atom is 0.500 e. The monoisotopic (exact) mass is 523 g/mol. The lowest BCUT2D eigenvalue weighted by Crippen LogP contribution is -3.00. The van der Waals surface area contributed by atoms with Crippen molar-refractivity contribution in [3.8, 4) is 0 Å². The molecule has 0 radical (unpaired) electrons. The maximum absolute atomic E-state index is 5.96. The fraction of sp³-hybridized carbons (Fsp3) is 1.00. The molecule has 0 N–H and O–H groups in total. The zero-order valence-corrected chi connectivity index (χ0v) is 25.9. The molecule has 0 rings (SSSR count). The first-order valence-electron chi connectivity index (χ1n) is 14.7. The van der Waals surface area contributed by atoms with Crippen LogP contribution < -0.4 is 12.4 Å². The van der Waals surface area contributed by atoms with Gasteiger partial charge in [0.1, 0.15) is 0 Å². The van der Waals surface area contributed by atoms with Gasteiger partial charge in [-0.3, -0.25) is 0 Å². The zero-order chi connectivity index (χ0) is 24.7. The first kappa shape index (κ1) is 36.5. The molecule has 0 heterocycles. The van der Waals surface area contributed by atoms with Gasteiger partial charge in [-0.2, -0.15) is 0 Å². The number of hydrogen-bond acceptors (Lipinski definition) is 3. The van der Waals surface area contributed by atoms with Gasteiger partial charge in [-0.1, -0.05) is 77.6 Å². The van der Waals surface area contributed by atoms with Crippen molar-refractivity contribution in [1.29, 1.82) is 0 Å². The Balaban J connectivity index is 0. The van der Waals surface area contributed by atoms with Crippen molar-refractivity contribution in [2.45, 2.75) is 136 Å². The molecule has 0 aromatic heterocycles. The van der Waals surface area contributed by atoms with Gasteiger partial charge < -0.3 is 30.2 Å². The van der Waals surface area contributed by atoms with Crippen LogP contribution in [0.1, 0.15) is 130 Å². The number of quaternary nitrogens is 1. The van der Waals surface area contributed by atoms with Gasteiger partial charge in [0.25, 0.3) is 0 Å². The van der Waals surface area contributed by atoms with E-state index in [-0.39, 0.29) is 12.4 Å². The third kappa shape index (κ3) is 21.6. The fourth-order valence-electron chi connectivity index (χ4n) is 4.73. The van der Waals surface area contributed by atoms with Crippen LogP contribution in [0.25, 0.3) is 0 Å². The Hall–Kier alpha value is 0.347. The van der Waals surface area contributed by atoms with Crippen molar-refractivity contribution in [3.63, 3.8) is 0 Å². The smallest absolute Gasteiger partial charge is 0.500 e. The molecule has 34 heavy (non-hydrogen) atoms. The number of rotatable bonds is 26. The average Bonchev–Trinajstić information content (AvgIpc) is 2.77. The van der Waals surface area contributed by atoms with Crippen molar-refractivity contribution in [2.75, 3.05) is 47.0 Å². The third-order valence-corrected chi connectivity index (χ3v) is 9.86. The van der Waals surface area contributed by atoms with Gasteiger partial charge in [-0.15, -0.1) is 0 Å². The Morgan fingerprint density at radius 2 is 0.794 bits per heavy atom. The Morgan fingerprint density at radius 3 is 1.15 bits per heavy atom. The maximum atomic E-state index is 5.96. The lowest BCUT2D eigenvalue weighted by atomic mass is 10.1. The molecular weight excluding hydrogens is 462 g/mol. The van der Waals surface area contributed by atoms with Gasteiger partial charge in [-0.25, -0.2) is 0 Å². The van der Waals surface area contributed by atoms with Crippen LogP contribution in [-0.4, -0.2) is 60.3 Å². The molecule has 0 aromatic carbocycles. The van der Waals surface area contributed by atoms with E-state index in [0.717, 1.165) is 12.5 Å². The minimum absolute atomic E-state index is 0. The minimum Gasteiger partial charge on any atom is -1.00 e. The normalized spacial score (nSPS) is 12.2. The summed E-state index contributed by atoms with van der Waals surface area (Å²) in [5.41, 5.74) is 0. The van der Waals surface area contributed by atoms with Crippen LogP contribution in [0.15, 0.2) is 0 Å². The molecule has 208 valence electrons. The summed E-state index contributed by atoms with van der Waals surface area (Å²) in [6.07, 6.45) is 22.1. The van der Waals surface area contributed by atoms with Gasteiger partial charge in [0.05, 0.1) is 27.2 Å². The number of unbranched alkanes of at least 4 members (excludes halogenated alkanes) is 14. The molecular formula is C28H62ClNO3Si. The van der Waals surface area contributed by atoms with Gasteiger partial charge >= 0.3 is 8.80 Å². The first-order chi connectivity index (χ1) is 15.9. The second kappa shape index (κ2) is 25.0. The SMILES string of the molecule is CCCCCCCCCCCC[N+](C)(C)CCCCCCCC[Si](OCC)(OCC)OCC.[Cl-]. The van der Waals surface area contributed by atoms with Crippen molar-refractivity contribution in [1.82, 2.24) is 0 Å². The van der Waals surface area contributed by atoms with E-state index in [1.165, 1.54) is 114 Å². The minimum atomic E-state index is -2.43. The molecule has 6 heteroatoms. The van der Waals surface area contributed by atoms with Gasteiger partial charge in [0, 0.05) is 25.9 Å². The summed E-state index contributed by atoms with van der Waals surface area (Å²) >= 11 is 0. The van der Waals surface area contributed by atoms with E-state index in [1.807, 2.05) is 20.8 Å². The van der Waals surface area contributed by atoms with Gasteiger partial charge in [0.15, 0.2) is 0 Å². The highest BCUT2D eigenvalue weighted by atomic mass is 35.5. The average molecular weight is 524 g/mol. The summed E-state index contributed by atoms with van der Waals surface area (Å²) in [5, 5.41) is 0. The van der Waals surface area contributed by atoms with Crippen LogP contribution >= 0.6 is 0 Å². The fourth-order valence-corrected chi connectivity index (χ4v) is 7.41. The van der Waals surface area contributed by atoms with Crippen LogP contribution in [-0.2, 0) is 13.3 Å². The molecule has 4 nitrogen and oxygen atoms in total. The molecule has 0 unspecified atom stereocenters. The lowest BCUT2D eigenvalue weighted by molar-refractivity contribution is -0.890.